The molecule has 3 nitrogen and oxygen atoms in total. The SMILES string of the molecule is CC(C)N1C=C([C@@H]2CCCO2)OCC1. The molecular formula is C11H19NO2. The molecule has 80 valence electrons. The molecule has 3 heteroatoms. The highest BCUT2D eigenvalue weighted by Gasteiger charge is 2.25. The molecule has 0 aromatic carbocycles. The second-order valence-electron chi connectivity index (χ2n) is 4.21. The number of ether oxygens (including phenoxy) is 2. The molecule has 1 fully saturated rings. The van der Waals surface area contributed by atoms with Crippen LogP contribution >= 0.6 is 0 Å². The van der Waals surface area contributed by atoms with Gasteiger partial charge in [-0.2, -0.15) is 0 Å². The van der Waals surface area contributed by atoms with Gasteiger partial charge in [0.2, 0.25) is 0 Å². The normalized spacial score (nSPS) is 27.8. The number of nitrogens with zero attached hydrogens (tertiary/aromatic N) is 1. The van der Waals surface area contributed by atoms with Crippen molar-refractivity contribution in [2.75, 3.05) is 19.8 Å². The Labute approximate surface area is 85.7 Å². The van der Waals surface area contributed by atoms with Crippen molar-refractivity contribution in [1.82, 2.24) is 4.90 Å². The Morgan fingerprint density at radius 2 is 2.29 bits per heavy atom. The molecule has 2 rings (SSSR count). The lowest BCUT2D eigenvalue weighted by atomic mass is 10.2. The van der Waals surface area contributed by atoms with Crippen molar-refractivity contribution >= 4 is 0 Å². The fourth-order valence-corrected chi connectivity index (χ4v) is 1.92. The van der Waals surface area contributed by atoms with Gasteiger partial charge in [0.1, 0.15) is 18.5 Å². The van der Waals surface area contributed by atoms with Crippen LogP contribution in [0, 0.1) is 0 Å². The second kappa shape index (κ2) is 4.22. The molecule has 0 aromatic rings. The fourth-order valence-electron chi connectivity index (χ4n) is 1.92. The quantitative estimate of drug-likeness (QED) is 0.673. The Bertz CT molecular complexity index is 219. The first-order valence-corrected chi connectivity index (χ1v) is 5.49. The van der Waals surface area contributed by atoms with E-state index in [1.165, 1.54) is 0 Å². The van der Waals surface area contributed by atoms with Crippen LogP contribution in [-0.4, -0.2) is 36.8 Å². The third kappa shape index (κ3) is 2.03. The summed E-state index contributed by atoms with van der Waals surface area (Å²) in [5.41, 5.74) is 0. The minimum absolute atomic E-state index is 0.219. The van der Waals surface area contributed by atoms with Crippen LogP contribution in [0.3, 0.4) is 0 Å². The number of hydrogen-bond donors (Lipinski definition) is 0. The Balaban J connectivity index is 2.02. The monoisotopic (exact) mass is 197 g/mol. The van der Waals surface area contributed by atoms with Crippen molar-refractivity contribution in [2.45, 2.75) is 38.8 Å². The first-order chi connectivity index (χ1) is 6.77. The van der Waals surface area contributed by atoms with Crippen molar-refractivity contribution in [3.63, 3.8) is 0 Å². The van der Waals surface area contributed by atoms with Crippen LogP contribution in [-0.2, 0) is 9.47 Å². The first kappa shape index (κ1) is 9.84. The first-order valence-electron chi connectivity index (χ1n) is 5.49. The van der Waals surface area contributed by atoms with Gasteiger partial charge in [0.25, 0.3) is 0 Å². The topological polar surface area (TPSA) is 21.7 Å². The van der Waals surface area contributed by atoms with Gasteiger partial charge in [0, 0.05) is 18.8 Å². The Morgan fingerprint density at radius 1 is 1.43 bits per heavy atom. The zero-order chi connectivity index (χ0) is 9.97. The van der Waals surface area contributed by atoms with Gasteiger partial charge in [-0.3, -0.25) is 0 Å². The van der Waals surface area contributed by atoms with Gasteiger partial charge in [-0.1, -0.05) is 0 Å². The lowest BCUT2D eigenvalue weighted by Gasteiger charge is -2.31. The standard InChI is InChI=1S/C11H19NO2/c1-9(2)12-5-7-14-11(8-12)10-4-3-6-13-10/h8-10H,3-7H2,1-2H3/t10-/m0/s1. The molecule has 0 unspecified atom stereocenters. The zero-order valence-corrected chi connectivity index (χ0v) is 9.03. The minimum atomic E-state index is 0.219. The summed E-state index contributed by atoms with van der Waals surface area (Å²) in [5.74, 6) is 1.03. The predicted molar refractivity (Wildman–Crippen MR) is 54.9 cm³/mol. The molecule has 1 saturated heterocycles. The highest BCUT2D eigenvalue weighted by Crippen LogP contribution is 2.23. The van der Waals surface area contributed by atoms with E-state index in [2.05, 4.69) is 24.9 Å². The van der Waals surface area contributed by atoms with E-state index in [4.69, 9.17) is 9.47 Å². The molecule has 0 bridgehead atoms. The van der Waals surface area contributed by atoms with Gasteiger partial charge in [-0.15, -0.1) is 0 Å². The summed E-state index contributed by atoms with van der Waals surface area (Å²) < 4.78 is 11.2. The highest BCUT2D eigenvalue weighted by molar-refractivity contribution is 5.04. The van der Waals surface area contributed by atoms with Crippen LogP contribution in [0.1, 0.15) is 26.7 Å². The van der Waals surface area contributed by atoms with E-state index >= 15 is 0 Å². The summed E-state index contributed by atoms with van der Waals surface area (Å²) in [6.45, 7) is 7.08. The second-order valence-corrected chi connectivity index (χ2v) is 4.21. The van der Waals surface area contributed by atoms with Gasteiger partial charge in [-0.05, 0) is 26.7 Å². The maximum Gasteiger partial charge on any atom is 0.141 e. The summed E-state index contributed by atoms with van der Waals surface area (Å²) in [6, 6.07) is 0.551. The molecule has 2 aliphatic heterocycles. The van der Waals surface area contributed by atoms with Crippen molar-refractivity contribution < 1.29 is 9.47 Å². The van der Waals surface area contributed by atoms with Crippen LogP contribution in [0.15, 0.2) is 12.0 Å². The van der Waals surface area contributed by atoms with E-state index in [1.54, 1.807) is 0 Å². The maximum absolute atomic E-state index is 5.64. The molecule has 0 amide bonds. The maximum atomic E-state index is 5.64. The average molecular weight is 197 g/mol. The average Bonchev–Trinajstić information content (AvgIpc) is 2.71. The lowest BCUT2D eigenvalue weighted by molar-refractivity contribution is 0.0441. The van der Waals surface area contributed by atoms with Crippen LogP contribution < -0.4 is 0 Å². The van der Waals surface area contributed by atoms with E-state index in [0.717, 1.165) is 38.4 Å². The third-order valence-corrected chi connectivity index (χ3v) is 2.82. The van der Waals surface area contributed by atoms with Gasteiger partial charge in [0.05, 0.1) is 6.54 Å². The lowest BCUT2D eigenvalue weighted by Crippen LogP contribution is -2.34. The highest BCUT2D eigenvalue weighted by atomic mass is 16.5. The van der Waals surface area contributed by atoms with Crippen LogP contribution in [0.25, 0.3) is 0 Å². The van der Waals surface area contributed by atoms with Gasteiger partial charge in [0.15, 0.2) is 0 Å². The molecule has 0 N–H and O–H groups in total. The van der Waals surface area contributed by atoms with Crippen LogP contribution in [0.2, 0.25) is 0 Å². The van der Waals surface area contributed by atoms with E-state index in [-0.39, 0.29) is 6.10 Å². The van der Waals surface area contributed by atoms with Crippen molar-refractivity contribution in [3.8, 4) is 0 Å². The van der Waals surface area contributed by atoms with E-state index in [0.29, 0.717) is 6.04 Å². The molecular weight excluding hydrogens is 178 g/mol. The number of rotatable bonds is 2. The smallest absolute Gasteiger partial charge is 0.141 e. The van der Waals surface area contributed by atoms with Crippen LogP contribution in [0.4, 0.5) is 0 Å². The molecule has 14 heavy (non-hydrogen) atoms. The van der Waals surface area contributed by atoms with E-state index < -0.39 is 0 Å². The summed E-state index contributed by atoms with van der Waals surface area (Å²) in [7, 11) is 0. The molecule has 0 aliphatic carbocycles. The summed E-state index contributed by atoms with van der Waals surface area (Å²) in [4.78, 5) is 2.32. The summed E-state index contributed by atoms with van der Waals surface area (Å²) in [5, 5.41) is 0. The van der Waals surface area contributed by atoms with E-state index in [9.17, 15) is 0 Å². The van der Waals surface area contributed by atoms with Gasteiger partial charge >= 0.3 is 0 Å². The third-order valence-electron chi connectivity index (χ3n) is 2.82. The van der Waals surface area contributed by atoms with Crippen molar-refractivity contribution in [3.05, 3.63) is 12.0 Å². The molecule has 0 radical (unpaired) electrons. The molecule has 0 saturated carbocycles. The molecule has 2 aliphatic rings. The van der Waals surface area contributed by atoms with E-state index in [1.807, 2.05) is 0 Å². The Morgan fingerprint density at radius 3 is 2.93 bits per heavy atom. The fraction of sp³-hybridized carbons (Fsp3) is 0.818. The minimum Gasteiger partial charge on any atom is -0.492 e. The Hall–Kier alpha value is -0.700. The molecule has 0 spiro atoms. The Kier molecular flexibility index (Phi) is 2.96. The van der Waals surface area contributed by atoms with Gasteiger partial charge < -0.3 is 14.4 Å². The summed E-state index contributed by atoms with van der Waals surface area (Å²) >= 11 is 0. The van der Waals surface area contributed by atoms with Crippen molar-refractivity contribution in [2.24, 2.45) is 0 Å². The predicted octanol–water partition coefficient (Wildman–Crippen LogP) is 1.75. The molecule has 1 atom stereocenters. The molecule has 0 aromatic heterocycles. The zero-order valence-electron chi connectivity index (χ0n) is 9.03. The van der Waals surface area contributed by atoms with Crippen molar-refractivity contribution in [1.29, 1.82) is 0 Å². The molecule has 2 heterocycles. The summed E-state index contributed by atoms with van der Waals surface area (Å²) in [6.07, 6.45) is 4.62. The number of hydrogen-bond acceptors (Lipinski definition) is 3. The van der Waals surface area contributed by atoms with Gasteiger partial charge in [-0.25, -0.2) is 0 Å². The van der Waals surface area contributed by atoms with Crippen LogP contribution in [0.5, 0.6) is 0 Å². The largest absolute Gasteiger partial charge is 0.492 e.